The molecule has 1 heterocycles. The Bertz CT molecular complexity index is 185. The van der Waals surface area contributed by atoms with E-state index in [0.29, 0.717) is 19.8 Å². The minimum atomic E-state index is -0.240. The number of carbonyl (C=O) groups is 1. The number of nitrogens with one attached hydrogen (secondary N) is 1. The van der Waals surface area contributed by atoms with Crippen molar-refractivity contribution in [1.29, 1.82) is 0 Å². The quantitative estimate of drug-likeness (QED) is 0.703. The van der Waals surface area contributed by atoms with Gasteiger partial charge in [0.05, 0.1) is 19.3 Å². The molecule has 0 radical (unpaired) electrons. The van der Waals surface area contributed by atoms with Crippen molar-refractivity contribution in [3.8, 4) is 0 Å². The third-order valence-corrected chi connectivity index (χ3v) is 2.21. The van der Waals surface area contributed by atoms with Crippen LogP contribution in [0, 0.1) is 0 Å². The van der Waals surface area contributed by atoms with E-state index < -0.39 is 0 Å². The van der Waals surface area contributed by atoms with Gasteiger partial charge in [-0.25, -0.2) is 4.79 Å². The number of methoxy groups -OCH3 is 1. The molecule has 1 aliphatic heterocycles. The summed E-state index contributed by atoms with van der Waals surface area (Å²) in [4.78, 5) is 13.2. The average molecular weight is 202 g/mol. The van der Waals surface area contributed by atoms with Gasteiger partial charge in [0.25, 0.3) is 0 Å². The van der Waals surface area contributed by atoms with Crippen LogP contribution in [0.1, 0.15) is 6.92 Å². The van der Waals surface area contributed by atoms with Crippen LogP contribution in [0.4, 0.5) is 4.79 Å². The van der Waals surface area contributed by atoms with Crippen molar-refractivity contribution in [2.45, 2.75) is 13.0 Å². The van der Waals surface area contributed by atoms with Crippen LogP contribution in [0.5, 0.6) is 0 Å². The molecular formula is C9H18N2O3. The van der Waals surface area contributed by atoms with E-state index in [0.717, 1.165) is 13.1 Å². The standard InChI is InChI=1S/C9H18N2O3/c1-3-14-9(12)11-5-4-10-6-8(11)7-13-2/h8,10H,3-7H2,1-2H3. The normalized spacial score (nSPS) is 22.1. The van der Waals surface area contributed by atoms with Crippen LogP contribution in [0.15, 0.2) is 0 Å². The summed E-state index contributed by atoms with van der Waals surface area (Å²) in [5, 5.41) is 3.22. The predicted molar refractivity (Wildman–Crippen MR) is 52.3 cm³/mol. The van der Waals surface area contributed by atoms with Gasteiger partial charge in [0.1, 0.15) is 0 Å². The number of carbonyl (C=O) groups excluding carboxylic acids is 1. The first-order chi connectivity index (χ1) is 6.79. The van der Waals surface area contributed by atoms with Gasteiger partial charge in [-0.2, -0.15) is 0 Å². The lowest BCUT2D eigenvalue weighted by Gasteiger charge is -2.34. The van der Waals surface area contributed by atoms with Gasteiger partial charge in [-0.1, -0.05) is 0 Å². The first-order valence-corrected chi connectivity index (χ1v) is 4.92. The highest BCUT2D eigenvalue weighted by molar-refractivity contribution is 5.68. The molecule has 1 saturated heterocycles. The molecule has 1 unspecified atom stereocenters. The Hall–Kier alpha value is -0.810. The van der Waals surface area contributed by atoms with Crippen LogP contribution in [0.2, 0.25) is 0 Å². The van der Waals surface area contributed by atoms with Crippen molar-refractivity contribution >= 4 is 6.09 Å². The molecule has 1 amide bonds. The molecule has 1 atom stereocenters. The molecule has 1 aliphatic rings. The van der Waals surface area contributed by atoms with E-state index in [1.54, 1.807) is 12.0 Å². The molecule has 0 aliphatic carbocycles. The Morgan fingerprint density at radius 2 is 2.43 bits per heavy atom. The molecular weight excluding hydrogens is 184 g/mol. The zero-order valence-electron chi connectivity index (χ0n) is 8.78. The first kappa shape index (κ1) is 11.3. The highest BCUT2D eigenvalue weighted by Gasteiger charge is 2.27. The second kappa shape index (κ2) is 5.82. The van der Waals surface area contributed by atoms with E-state index in [2.05, 4.69) is 5.32 Å². The van der Waals surface area contributed by atoms with Gasteiger partial charge in [-0.15, -0.1) is 0 Å². The summed E-state index contributed by atoms with van der Waals surface area (Å²) in [5.41, 5.74) is 0. The zero-order valence-corrected chi connectivity index (χ0v) is 8.78. The number of ether oxygens (including phenoxy) is 2. The second-order valence-electron chi connectivity index (χ2n) is 3.21. The lowest BCUT2D eigenvalue weighted by Crippen LogP contribution is -2.55. The number of rotatable bonds is 3. The van der Waals surface area contributed by atoms with Gasteiger partial charge >= 0.3 is 6.09 Å². The summed E-state index contributed by atoms with van der Waals surface area (Å²) in [6.07, 6.45) is -0.240. The maximum absolute atomic E-state index is 11.5. The molecule has 0 aromatic carbocycles. The minimum Gasteiger partial charge on any atom is -0.450 e. The van der Waals surface area contributed by atoms with Crippen molar-refractivity contribution in [3.63, 3.8) is 0 Å². The molecule has 0 saturated carbocycles. The van der Waals surface area contributed by atoms with E-state index in [9.17, 15) is 4.79 Å². The van der Waals surface area contributed by atoms with E-state index in [1.165, 1.54) is 0 Å². The SMILES string of the molecule is CCOC(=O)N1CCNCC1COC. The number of hydrogen-bond acceptors (Lipinski definition) is 4. The monoisotopic (exact) mass is 202 g/mol. The molecule has 14 heavy (non-hydrogen) atoms. The van der Waals surface area contributed by atoms with Crippen LogP contribution >= 0.6 is 0 Å². The molecule has 5 nitrogen and oxygen atoms in total. The number of amides is 1. The maximum atomic E-state index is 11.5. The fourth-order valence-electron chi connectivity index (χ4n) is 1.55. The summed E-state index contributed by atoms with van der Waals surface area (Å²) in [7, 11) is 1.64. The van der Waals surface area contributed by atoms with Gasteiger partial charge < -0.3 is 19.7 Å². The van der Waals surface area contributed by atoms with Crippen LogP contribution < -0.4 is 5.32 Å². The lowest BCUT2D eigenvalue weighted by atomic mass is 10.2. The molecule has 5 heteroatoms. The topological polar surface area (TPSA) is 50.8 Å². The molecule has 82 valence electrons. The van der Waals surface area contributed by atoms with Gasteiger partial charge in [0.15, 0.2) is 0 Å². The Morgan fingerprint density at radius 3 is 3.07 bits per heavy atom. The van der Waals surface area contributed by atoms with Crippen LogP contribution in [-0.2, 0) is 9.47 Å². The summed E-state index contributed by atoms with van der Waals surface area (Å²) in [6, 6.07) is 0.0906. The van der Waals surface area contributed by atoms with E-state index >= 15 is 0 Å². The Kier molecular flexibility index (Phi) is 4.69. The Balaban J connectivity index is 2.48. The van der Waals surface area contributed by atoms with Crippen molar-refractivity contribution in [1.82, 2.24) is 10.2 Å². The first-order valence-electron chi connectivity index (χ1n) is 4.92. The summed E-state index contributed by atoms with van der Waals surface area (Å²) < 4.78 is 10.0. The van der Waals surface area contributed by atoms with Crippen molar-refractivity contribution in [2.24, 2.45) is 0 Å². The second-order valence-corrected chi connectivity index (χ2v) is 3.21. The highest BCUT2D eigenvalue weighted by Crippen LogP contribution is 2.05. The smallest absolute Gasteiger partial charge is 0.410 e. The average Bonchev–Trinajstić information content (AvgIpc) is 2.19. The Labute approximate surface area is 84.4 Å². The summed E-state index contributed by atoms with van der Waals surface area (Å²) >= 11 is 0. The number of hydrogen-bond donors (Lipinski definition) is 1. The van der Waals surface area contributed by atoms with Crippen LogP contribution in [0.3, 0.4) is 0 Å². The van der Waals surface area contributed by atoms with Crippen molar-refractivity contribution in [3.05, 3.63) is 0 Å². The zero-order chi connectivity index (χ0) is 10.4. The fourth-order valence-corrected chi connectivity index (χ4v) is 1.55. The summed E-state index contributed by atoms with van der Waals surface area (Å²) in [5.74, 6) is 0. The number of piperazine rings is 1. The predicted octanol–water partition coefficient (Wildman–Crippen LogP) is 0.0631. The molecule has 1 rings (SSSR count). The fraction of sp³-hybridized carbons (Fsp3) is 0.889. The van der Waals surface area contributed by atoms with Gasteiger partial charge in [-0.05, 0) is 6.92 Å². The summed E-state index contributed by atoms with van der Waals surface area (Å²) in [6.45, 7) is 5.05. The van der Waals surface area contributed by atoms with Crippen LogP contribution in [-0.4, -0.2) is 57.0 Å². The highest BCUT2D eigenvalue weighted by atomic mass is 16.6. The molecule has 1 N–H and O–H groups in total. The Morgan fingerprint density at radius 1 is 1.64 bits per heavy atom. The molecule has 0 bridgehead atoms. The van der Waals surface area contributed by atoms with Crippen LogP contribution in [0.25, 0.3) is 0 Å². The van der Waals surface area contributed by atoms with Crippen molar-refractivity contribution in [2.75, 3.05) is 40.0 Å². The minimum absolute atomic E-state index is 0.0906. The molecule has 0 spiro atoms. The third kappa shape index (κ3) is 2.85. The van der Waals surface area contributed by atoms with E-state index in [1.807, 2.05) is 6.92 Å². The molecule has 1 fully saturated rings. The van der Waals surface area contributed by atoms with Crippen molar-refractivity contribution < 1.29 is 14.3 Å². The van der Waals surface area contributed by atoms with Gasteiger partial charge in [0, 0.05) is 26.7 Å². The van der Waals surface area contributed by atoms with E-state index in [-0.39, 0.29) is 12.1 Å². The van der Waals surface area contributed by atoms with Gasteiger partial charge in [-0.3, -0.25) is 0 Å². The maximum Gasteiger partial charge on any atom is 0.410 e. The number of nitrogens with zero attached hydrogens (tertiary/aromatic N) is 1. The van der Waals surface area contributed by atoms with E-state index in [4.69, 9.17) is 9.47 Å². The third-order valence-electron chi connectivity index (χ3n) is 2.21. The van der Waals surface area contributed by atoms with Gasteiger partial charge in [0.2, 0.25) is 0 Å². The molecule has 0 aromatic heterocycles. The molecule has 0 aromatic rings. The lowest BCUT2D eigenvalue weighted by molar-refractivity contribution is 0.0505. The largest absolute Gasteiger partial charge is 0.450 e.